The van der Waals surface area contributed by atoms with E-state index in [1.54, 1.807) is 13.2 Å². The Hall–Kier alpha value is -2.57. The fourth-order valence-corrected chi connectivity index (χ4v) is 2.59. The number of carbonyl (C=O) groups excluding carboxylic acids is 3. The van der Waals surface area contributed by atoms with Gasteiger partial charge in [0.05, 0.1) is 14.2 Å². The van der Waals surface area contributed by atoms with Gasteiger partial charge in [0.25, 0.3) is 5.91 Å². The lowest BCUT2D eigenvalue weighted by atomic mass is 10.1. The number of hydrogen-bond donors (Lipinski definition) is 0. The lowest BCUT2D eigenvalue weighted by Crippen LogP contribution is -2.35. The molecule has 1 aliphatic heterocycles. The molecule has 1 aromatic rings. The molecule has 1 saturated heterocycles. The highest BCUT2D eigenvalue weighted by molar-refractivity contribution is 5.97. The van der Waals surface area contributed by atoms with Gasteiger partial charge in [0.1, 0.15) is 0 Å². The van der Waals surface area contributed by atoms with Gasteiger partial charge in [-0.15, -0.1) is 0 Å². The first kappa shape index (κ1) is 17.8. The van der Waals surface area contributed by atoms with Gasteiger partial charge in [-0.05, 0) is 24.5 Å². The molecule has 0 spiro atoms. The quantitative estimate of drug-likeness (QED) is 0.699. The molecule has 2 rings (SSSR count). The molecular weight excluding hydrogens is 314 g/mol. The van der Waals surface area contributed by atoms with Gasteiger partial charge in [-0.1, -0.05) is 12.1 Å². The number of nitrogens with zero attached hydrogens (tertiary/aromatic N) is 1. The third-order valence-corrected chi connectivity index (χ3v) is 3.81. The third-order valence-electron chi connectivity index (χ3n) is 3.81. The van der Waals surface area contributed by atoms with E-state index in [9.17, 15) is 14.4 Å². The van der Waals surface area contributed by atoms with E-state index in [1.165, 1.54) is 7.11 Å². The first-order valence-electron chi connectivity index (χ1n) is 7.75. The minimum Gasteiger partial charge on any atom is -0.493 e. The number of likely N-dealkylation sites (tertiary alicyclic amines) is 1. The average Bonchev–Trinajstić information content (AvgIpc) is 3.03. The van der Waals surface area contributed by atoms with Crippen LogP contribution in [0.15, 0.2) is 18.2 Å². The molecule has 2 amide bonds. The summed E-state index contributed by atoms with van der Waals surface area (Å²) < 4.78 is 15.5. The van der Waals surface area contributed by atoms with Crippen LogP contribution in [0.1, 0.15) is 24.8 Å². The van der Waals surface area contributed by atoms with Gasteiger partial charge in [0.15, 0.2) is 18.1 Å². The molecule has 0 unspecified atom stereocenters. The van der Waals surface area contributed by atoms with Crippen molar-refractivity contribution in [1.29, 1.82) is 0 Å². The molecule has 1 aliphatic rings. The van der Waals surface area contributed by atoms with Gasteiger partial charge in [0.2, 0.25) is 5.91 Å². The van der Waals surface area contributed by atoms with Gasteiger partial charge in [0, 0.05) is 19.4 Å². The fraction of sp³-hybridized carbons (Fsp3) is 0.471. The van der Waals surface area contributed by atoms with Crippen LogP contribution in [0.4, 0.5) is 0 Å². The highest BCUT2D eigenvalue weighted by Crippen LogP contribution is 2.31. The van der Waals surface area contributed by atoms with E-state index >= 15 is 0 Å². The summed E-state index contributed by atoms with van der Waals surface area (Å²) in [4.78, 5) is 36.2. The van der Waals surface area contributed by atoms with Crippen LogP contribution in [-0.2, 0) is 25.5 Å². The fourth-order valence-electron chi connectivity index (χ4n) is 2.59. The summed E-state index contributed by atoms with van der Waals surface area (Å²) in [6, 6.07) is 5.42. The number of para-hydroxylation sites is 1. The maximum atomic E-state index is 11.8. The van der Waals surface area contributed by atoms with Gasteiger partial charge in [-0.25, -0.2) is 0 Å². The van der Waals surface area contributed by atoms with Crippen molar-refractivity contribution in [1.82, 2.24) is 4.90 Å². The van der Waals surface area contributed by atoms with Crippen molar-refractivity contribution in [2.75, 3.05) is 27.4 Å². The summed E-state index contributed by atoms with van der Waals surface area (Å²) in [5, 5.41) is 0. The van der Waals surface area contributed by atoms with Crippen molar-refractivity contribution < 1.29 is 28.6 Å². The van der Waals surface area contributed by atoms with Crippen LogP contribution in [0, 0.1) is 0 Å². The van der Waals surface area contributed by atoms with Gasteiger partial charge in [-0.2, -0.15) is 0 Å². The first-order chi connectivity index (χ1) is 11.6. The average molecular weight is 335 g/mol. The van der Waals surface area contributed by atoms with Crippen LogP contribution in [0.5, 0.6) is 11.5 Å². The zero-order valence-corrected chi connectivity index (χ0v) is 13.9. The lowest BCUT2D eigenvalue weighted by Gasteiger charge is -2.14. The summed E-state index contributed by atoms with van der Waals surface area (Å²) in [6.07, 6.45) is 1.53. The molecular formula is C17H21NO6. The van der Waals surface area contributed by atoms with Crippen molar-refractivity contribution in [2.24, 2.45) is 0 Å². The summed E-state index contributed by atoms with van der Waals surface area (Å²) in [5.74, 6) is -0.0144. The largest absolute Gasteiger partial charge is 0.493 e. The number of imide groups is 1. The Morgan fingerprint density at radius 3 is 2.62 bits per heavy atom. The Balaban J connectivity index is 1.83. The molecule has 0 radical (unpaired) electrons. The second kappa shape index (κ2) is 8.33. The van der Waals surface area contributed by atoms with Crippen LogP contribution in [0.3, 0.4) is 0 Å². The van der Waals surface area contributed by atoms with E-state index < -0.39 is 18.5 Å². The third kappa shape index (κ3) is 4.24. The number of esters is 1. The molecule has 7 nitrogen and oxygen atoms in total. The minimum atomic E-state index is -0.500. The Bertz CT molecular complexity index is 628. The predicted octanol–water partition coefficient (Wildman–Crippen LogP) is 1.33. The Morgan fingerprint density at radius 1 is 1.21 bits per heavy atom. The van der Waals surface area contributed by atoms with E-state index in [0.29, 0.717) is 37.3 Å². The number of methoxy groups -OCH3 is 2. The number of amides is 2. The topological polar surface area (TPSA) is 82.1 Å². The molecule has 0 aromatic heterocycles. The van der Waals surface area contributed by atoms with Crippen molar-refractivity contribution in [2.45, 2.75) is 25.7 Å². The second-order valence-electron chi connectivity index (χ2n) is 5.36. The summed E-state index contributed by atoms with van der Waals surface area (Å²) in [5.41, 5.74) is 0.815. The molecule has 1 aromatic carbocycles. The normalized spacial score (nSPS) is 13.8. The predicted molar refractivity (Wildman–Crippen MR) is 84.8 cm³/mol. The number of aryl methyl sites for hydroxylation is 1. The van der Waals surface area contributed by atoms with Crippen molar-refractivity contribution in [3.8, 4) is 11.5 Å². The number of benzene rings is 1. The van der Waals surface area contributed by atoms with E-state index in [1.807, 2.05) is 12.1 Å². The highest BCUT2D eigenvalue weighted by atomic mass is 16.5. The molecule has 0 atom stereocenters. The molecule has 130 valence electrons. The number of ether oxygens (including phenoxy) is 3. The molecule has 7 heteroatoms. The monoisotopic (exact) mass is 335 g/mol. The summed E-state index contributed by atoms with van der Waals surface area (Å²) >= 11 is 0. The molecule has 1 heterocycles. The van der Waals surface area contributed by atoms with Gasteiger partial charge >= 0.3 is 5.97 Å². The first-order valence-corrected chi connectivity index (χ1v) is 7.75. The van der Waals surface area contributed by atoms with Crippen LogP contribution >= 0.6 is 0 Å². The molecule has 0 N–H and O–H groups in total. The Morgan fingerprint density at radius 2 is 2.00 bits per heavy atom. The van der Waals surface area contributed by atoms with Crippen LogP contribution < -0.4 is 9.47 Å². The zero-order chi connectivity index (χ0) is 17.5. The molecule has 0 saturated carbocycles. The van der Waals surface area contributed by atoms with E-state index in [0.717, 1.165) is 10.5 Å². The maximum Gasteiger partial charge on any atom is 0.306 e. The number of hydrogen-bond acceptors (Lipinski definition) is 6. The van der Waals surface area contributed by atoms with Crippen LogP contribution in [0.2, 0.25) is 0 Å². The number of rotatable bonds is 7. The molecule has 0 aliphatic carbocycles. The SMILES string of the molecule is COc1cccc(CCC(=O)OCC(=O)N2CCCC2=O)c1OC. The van der Waals surface area contributed by atoms with Crippen molar-refractivity contribution >= 4 is 17.8 Å². The molecule has 24 heavy (non-hydrogen) atoms. The van der Waals surface area contributed by atoms with E-state index in [4.69, 9.17) is 14.2 Å². The highest BCUT2D eigenvalue weighted by Gasteiger charge is 2.26. The maximum absolute atomic E-state index is 11.8. The van der Waals surface area contributed by atoms with E-state index in [-0.39, 0.29) is 12.3 Å². The molecule has 1 fully saturated rings. The van der Waals surface area contributed by atoms with Crippen molar-refractivity contribution in [3.05, 3.63) is 23.8 Å². The Kier molecular flexibility index (Phi) is 6.17. The summed E-state index contributed by atoms with van der Waals surface area (Å²) in [7, 11) is 3.08. The Labute approximate surface area is 140 Å². The van der Waals surface area contributed by atoms with E-state index in [2.05, 4.69) is 0 Å². The number of carbonyl (C=O) groups is 3. The molecule has 0 bridgehead atoms. The van der Waals surface area contributed by atoms with Crippen molar-refractivity contribution in [3.63, 3.8) is 0 Å². The van der Waals surface area contributed by atoms with Crippen LogP contribution in [-0.4, -0.2) is 50.1 Å². The van der Waals surface area contributed by atoms with Gasteiger partial charge in [-0.3, -0.25) is 19.3 Å². The smallest absolute Gasteiger partial charge is 0.306 e. The van der Waals surface area contributed by atoms with Gasteiger partial charge < -0.3 is 14.2 Å². The standard InChI is InChI=1S/C17H21NO6/c1-22-13-6-3-5-12(17(13)23-2)8-9-16(21)24-11-15(20)18-10-4-7-14(18)19/h3,5-6H,4,7-11H2,1-2H3. The lowest BCUT2D eigenvalue weighted by molar-refractivity contribution is -0.154. The minimum absolute atomic E-state index is 0.102. The second-order valence-corrected chi connectivity index (χ2v) is 5.36. The zero-order valence-electron chi connectivity index (χ0n) is 13.9. The summed E-state index contributed by atoms with van der Waals surface area (Å²) in [6.45, 7) is -0.00392. The van der Waals surface area contributed by atoms with Crippen LogP contribution in [0.25, 0.3) is 0 Å².